The second kappa shape index (κ2) is 8.27. The van der Waals surface area contributed by atoms with Crippen molar-refractivity contribution in [3.8, 4) is 17.0 Å². The lowest BCUT2D eigenvalue weighted by molar-refractivity contribution is -0.139. The van der Waals surface area contributed by atoms with Crippen LogP contribution in [0.15, 0.2) is 59.4 Å². The molecule has 4 aromatic rings. The Hall–Kier alpha value is -3.82. The molecule has 0 atom stereocenters. The zero-order valence-corrected chi connectivity index (χ0v) is 16.9. The van der Waals surface area contributed by atoms with E-state index in [-0.39, 0.29) is 28.8 Å². The van der Waals surface area contributed by atoms with Crippen LogP contribution in [0.4, 0.5) is 26.3 Å². The van der Waals surface area contributed by atoms with Crippen molar-refractivity contribution in [1.29, 1.82) is 0 Å². The molecule has 1 aromatic heterocycles. The van der Waals surface area contributed by atoms with Crippen LogP contribution in [0.2, 0.25) is 0 Å². The molecule has 33 heavy (non-hydrogen) atoms. The highest BCUT2D eigenvalue weighted by Gasteiger charge is 2.38. The lowest BCUT2D eigenvalue weighted by Gasteiger charge is -2.17. The number of methoxy groups -OCH3 is 1. The van der Waals surface area contributed by atoms with Crippen molar-refractivity contribution in [1.82, 2.24) is 9.78 Å². The number of nitrogens with zero attached hydrogens (tertiary/aromatic N) is 2. The summed E-state index contributed by atoms with van der Waals surface area (Å²) in [5.41, 5.74) is -3.92. The molecular formula is C23H14F6N2O2. The van der Waals surface area contributed by atoms with Gasteiger partial charge in [0.05, 0.1) is 19.0 Å². The van der Waals surface area contributed by atoms with Crippen LogP contribution in [0, 0.1) is 17.5 Å². The molecule has 4 nitrogen and oxygen atoms in total. The van der Waals surface area contributed by atoms with Gasteiger partial charge >= 0.3 is 6.18 Å². The summed E-state index contributed by atoms with van der Waals surface area (Å²) < 4.78 is 89.0. The predicted molar refractivity (Wildman–Crippen MR) is 108 cm³/mol. The van der Waals surface area contributed by atoms with Crippen LogP contribution in [-0.2, 0) is 12.7 Å². The molecule has 4 rings (SSSR count). The Morgan fingerprint density at radius 1 is 0.970 bits per heavy atom. The number of halogens is 6. The first-order valence-corrected chi connectivity index (χ1v) is 9.49. The molecule has 0 bridgehead atoms. The molecule has 1 heterocycles. The topological polar surface area (TPSA) is 44.1 Å². The fraction of sp³-hybridized carbons (Fsp3) is 0.130. The van der Waals surface area contributed by atoms with E-state index in [4.69, 9.17) is 4.74 Å². The van der Waals surface area contributed by atoms with E-state index < -0.39 is 45.9 Å². The van der Waals surface area contributed by atoms with E-state index in [1.165, 1.54) is 25.3 Å². The van der Waals surface area contributed by atoms with Crippen molar-refractivity contribution in [3.05, 3.63) is 93.4 Å². The van der Waals surface area contributed by atoms with Gasteiger partial charge in [0.15, 0.2) is 0 Å². The maximum atomic E-state index is 14.3. The zero-order valence-electron chi connectivity index (χ0n) is 16.9. The molecule has 170 valence electrons. The van der Waals surface area contributed by atoms with E-state index in [0.29, 0.717) is 12.1 Å². The third-order valence-electron chi connectivity index (χ3n) is 5.04. The number of hydrogen-bond donors (Lipinski definition) is 0. The number of hydrogen-bond acceptors (Lipinski definition) is 3. The Labute approximate surface area is 182 Å². The lowest BCUT2D eigenvalue weighted by Crippen LogP contribution is -2.20. The molecule has 0 unspecified atom stereocenters. The number of fused-ring (bicyclic) bond motifs is 1. The maximum absolute atomic E-state index is 14.3. The van der Waals surface area contributed by atoms with Gasteiger partial charge in [-0.25, -0.2) is 13.2 Å². The third kappa shape index (κ3) is 4.04. The summed E-state index contributed by atoms with van der Waals surface area (Å²) in [7, 11) is 1.31. The first-order valence-electron chi connectivity index (χ1n) is 9.49. The standard InChI is InChI=1S/C23H14F6N2O2/c1-33-18-7-3-5-15-21(18)31(11-12-8-9-13(24)10-17(12)26)30-20(22(15)32)14-4-2-6-16(25)19(14)23(27,28)29/h2-10H,11H2,1H3. The van der Waals surface area contributed by atoms with E-state index in [2.05, 4.69) is 5.10 Å². The van der Waals surface area contributed by atoms with Crippen molar-refractivity contribution in [2.75, 3.05) is 7.11 Å². The van der Waals surface area contributed by atoms with Crippen LogP contribution in [0.25, 0.3) is 22.2 Å². The van der Waals surface area contributed by atoms with Gasteiger partial charge in [0.1, 0.15) is 40.0 Å². The summed E-state index contributed by atoms with van der Waals surface area (Å²) in [6.45, 7) is -0.368. The second-order valence-electron chi connectivity index (χ2n) is 7.09. The Morgan fingerprint density at radius 2 is 1.70 bits per heavy atom. The minimum atomic E-state index is -5.11. The van der Waals surface area contributed by atoms with Crippen LogP contribution < -0.4 is 10.2 Å². The molecule has 0 fully saturated rings. The molecule has 0 spiro atoms. The van der Waals surface area contributed by atoms with Gasteiger partial charge in [0, 0.05) is 17.2 Å². The Kier molecular flexibility index (Phi) is 5.61. The average Bonchev–Trinajstić information content (AvgIpc) is 2.75. The second-order valence-corrected chi connectivity index (χ2v) is 7.09. The Morgan fingerprint density at radius 3 is 2.36 bits per heavy atom. The van der Waals surface area contributed by atoms with Crippen LogP contribution in [0.1, 0.15) is 11.1 Å². The van der Waals surface area contributed by atoms with Crippen LogP contribution in [0.5, 0.6) is 5.75 Å². The minimum Gasteiger partial charge on any atom is -0.494 e. The molecule has 3 aromatic carbocycles. The molecule has 10 heteroatoms. The number of aromatic nitrogens is 2. The number of para-hydroxylation sites is 1. The number of benzene rings is 3. The molecule has 0 aliphatic rings. The molecule has 0 aliphatic heterocycles. The van der Waals surface area contributed by atoms with Crippen molar-refractivity contribution >= 4 is 10.9 Å². The first-order chi connectivity index (χ1) is 15.6. The highest BCUT2D eigenvalue weighted by molar-refractivity contribution is 5.87. The maximum Gasteiger partial charge on any atom is 0.419 e. The Bertz CT molecular complexity index is 1430. The normalized spacial score (nSPS) is 11.7. The van der Waals surface area contributed by atoms with E-state index >= 15 is 0 Å². The third-order valence-corrected chi connectivity index (χ3v) is 5.04. The molecule has 0 radical (unpaired) electrons. The van der Waals surface area contributed by atoms with Gasteiger partial charge in [-0.15, -0.1) is 0 Å². The molecule has 0 N–H and O–H groups in total. The van der Waals surface area contributed by atoms with E-state index in [1.807, 2.05) is 0 Å². The summed E-state index contributed by atoms with van der Waals surface area (Å²) in [5.74, 6) is -3.15. The predicted octanol–water partition coefficient (Wildman–Crippen LogP) is 5.56. The molecule has 0 saturated carbocycles. The van der Waals surface area contributed by atoms with Crippen molar-refractivity contribution in [2.24, 2.45) is 0 Å². The SMILES string of the molecule is COc1cccc2c(=O)c(-c3cccc(F)c3C(F)(F)F)nn(Cc3ccc(F)cc3F)c12. The van der Waals surface area contributed by atoms with Gasteiger partial charge in [-0.05, 0) is 24.3 Å². The van der Waals surface area contributed by atoms with Crippen LogP contribution >= 0.6 is 0 Å². The fourth-order valence-electron chi connectivity index (χ4n) is 3.59. The highest BCUT2D eigenvalue weighted by Crippen LogP contribution is 2.38. The smallest absolute Gasteiger partial charge is 0.419 e. The van der Waals surface area contributed by atoms with Gasteiger partial charge in [-0.3, -0.25) is 9.48 Å². The summed E-state index contributed by atoms with van der Waals surface area (Å²) in [5, 5.41) is 3.98. The zero-order chi connectivity index (χ0) is 23.9. The van der Waals surface area contributed by atoms with Crippen LogP contribution in [0.3, 0.4) is 0 Å². The monoisotopic (exact) mass is 464 g/mol. The van der Waals surface area contributed by atoms with Gasteiger partial charge in [-0.2, -0.15) is 18.3 Å². The largest absolute Gasteiger partial charge is 0.494 e. The van der Waals surface area contributed by atoms with Gasteiger partial charge in [-0.1, -0.05) is 24.3 Å². The summed E-state index contributed by atoms with van der Waals surface area (Å²) in [6, 6.07) is 9.68. The van der Waals surface area contributed by atoms with Crippen molar-refractivity contribution in [2.45, 2.75) is 12.7 Å². The van der Waals surface area contributed by atoms with Crippen molar-refractivity contribution in [3.63, 3.8) is 0 Å². The van der Waals surface area contributed by atoms with Crippen molar-refractivity contribution < 1.29 is 31.1 Å². The van der Waals surface area contributed by atoms with Gasteiger partial charge in [0.2, 0.25) is 5.43 Å². The lowest BCUT2D eigenvalue weighted by atomic mass is 10.0. The van der Waals surface area contributed by atoms with Gasteiger partial charge < -0.3 is 4.74 Å². The number of rotatable bonds is 4. The highest BCUT2D eigenvalue weighted by atomic mass is 19.4. The Balaban J connectivity index is 2.06. The molecule has 0 amide bonds. The summed E-state index contributed by atoms with van der Waals surface area (Å²) in [4.78, 5) is 13.2. The minimum absolute atomic E-state index is 0.0407. The summed E-state index contributed by atoms with van der Waals surface area (Å²) in [6.07, 6.45) is -5.11. The molecular weight excluding hydrogens is 450 g/mol. The summed E-state index contributed by atoms with van der Waals surface area (Å²) >= 11 is 0. The number of ether oxygens (including phenoxy) is 1. The first kappa shape index (κ1) is 22.4. The van der Waals surface area contributed by atoms with Crippen LogP contribution in [-0.4, -0.2) is 16.9 Å². The average molecular weight is 464 g/mol. The van der Waals surface area contributed by atoms with E-state index in [0.717, 1.165) is 28.9 Å². The van der Waals surface area contributed by atoms with E-state index in [1.54, 1.807) is 0 Å². The van der Waals surface area contributed by atoms with E-state index in [9.17, 15) is 31.1 Å². The number of alkyl halides is 3. The fourth-order valence-corrected chi connectivity index (χ4v) is 3.59. The molecule has 0 aliphatic carbocycles. The van der Waals surface area contributed by atoms with Gasteiger partial charge in [0.25, 0.3) is 0 Å². The quantitative estimate of drug-likeness (QED) is 0.372. The molecule has 0 saturated heterocycles.